The van der Waals surface area contributed by atoms with E-state index in [2.05, 4.69) is 10.2 Å². The number of hydrogen-bond donors (Lipinski definition) is 2. The van der Waals surface area contributed by atoms with Crippen LogP contribution >= 0.6 is 0 Å². The molecule has 6 heteroatoms. The third-order valence-corrected chi connectivity index (χ3v) is 3.51. The minimum Gasteiger partial charge on any atom is -0.481 e. The number of hydrogen-bond acceptors (Lipinski definition) is 3. The van der Waals surface area contributed by atoms with Gasteiger partial charge in [0, 0.05) is 25.7 Å². The maximum Gasteiger partial charge on any atom is 0.317 e. The van der Waals surface area contributed by atoms with E-state index in [1.54, 1.807) is 4.90 Å². The molecule has 1 unspecified atom stereocenters. The van der Waals surface area contributed by atoms with Gasteiger partial charge in [0.15, 0.2) is 0 Å². The van der Waals surface area contributed by atoms with Gasteiger partial charge < -0.3 is 20.2 Å². The molecule has 0 aromatic heterocycles. The molecule has 1 saturated heterocycles. The first-order valence-corrected chi connectivity index (χ1v) is 6.86. The van der Waals surface area contributed by atoms with Crippen LogP contribution in [-0.2, 0) is 4.79 Å². The monoisotopic (exact) mass is 271 g/mol. The van der Waals surface area contributed by atoms with E-state index in [9.17, 15) is 9.59 Å². The van der Waals surface area contributed by atoms with Crippen LogP contribution in [0.1, 0.15) is 26.7 Å². The number of carboxylic acid groups (broad SMARTS) is 1. The van der Waals surface area contributed by atoms with Crippen LogP contribution in [0.2, 0.25) is 0 Å². The molecule has 0 spiro atoms. The van der Waals surface area contributed by atoms with Gasteiger partial charge in [-0.3, -0.25) is 4.79 Å². The van der Waals surface area contributed by atoms with E-state index in [0.717, 1.165) is 26.1 Å². The minimum atomic E-state index is -0.880. The van der Waals surface area contributed by atoms with Crippen molar-refractivity contribution in [3.63, 3.8) is 0 Å². The number of amides is 2. The molecular formula is C13H25N3O3. The number of nitrogens with one attached hydrogen (secondary N) is 1. The zero-order valence-corrected chi connectivity index (χ0v) is 12.1. The highest BCUT2D eigenvalue weighted by atomic mass is 16.4. The van der Waals surface area contributed by atoms with Gasteiger partial charge in [0.05, 0.1) is 6.42 Å². The van der Waals surface area contributed by atoms with E-state index in [4.69, 9.17) is 5.11 Å². The second-order valence-corrected chi connectivity index (χ2v) is 5.54. The van der Waals surface area contributed by atoms with Crippen molar-refractivity contribution in [3.05, 3.63) is 0 Å². The summed E-state index contributed by atoms with van der Waals surface area (Å²) in [5.74, 6) is -0.774. The molecule has 0 saturated carbocycles. The predicted molar refractivity (Wildman–Crippen MR) is 73.1 cm³/mol. The van der Waals surface area contributed by atoms with Crippen LogP contribution in [-0.4, -0.2) is 66.2 Å². The van der Waals surface area contributed by atoms with Crippen molar-refractivity contribution in [2.45, 2.75) is 32.7 Å². The van der Waals surface area contributed by atoms with Crippen molar-refractivity contribution in [2.75, 3.05) is 33.2 Å². The van der Waals surface area contributed by atoms with Crippen LogP contribution in [0, 0.1) is 5.92 Å². The summed E-state index contributed by atoms with van der Waals surface area (Å²) in [7, 11) is 2.04. The summed E-state index contributed by atoms with van der Waals surface area (Å²) in [6.07, 6.45) is 0.923. The van der Waals surface area contributed by atoms with Gasteiger partial charge in [-0.1, -0.05) is 13.8 Å². The van der Waals surface area contributed by atoms with Crippen molar-refractivity contribution in [1.29, 1.82) is 0 Å². The van der Waals surface area contributed by atoms with E-state index < -0.39 is 5.97 Å². The first kappa shape index (κ1) is 15.8. The normalized spacial score (nSPS) is 19.1. The van der Waals surface area contributed by atoms with Crippen LogP contribution in [0.5, 0.6) is 0 Å². The Bertz CT molecular complexity index is 320. The lowest BCUT2D eigenvalue weighted by Crippen LogP contribution is -2.48. The van der Waals surface area contributed by atoms with Gasteiger partial charge in [-0.05, 0) is 25.9 Å². The molecule has 1 heterocycles. The number of urea groups is 1. The molecular weight excluding hydrogens is 246 g/mol. The van der Waals surface area contributed by atoms with Gasteiger partial charge in [0.1, 0.15) is 0 Å². The summed E-state index contributed by atoms with van der Waals surface area (Å²) in [4.78, 5) is 26.9. The topological polar surface area (TPSA) is 72.9 Å². The summed E-state index contributed by atoms with van der Waals surface area (Å²) in [6, 6.07) is -0.457. The van der Waals surface area contributed by atoms with E-state index in [-0.39, 0.29) is 24.4 Å². The second-order valence-electron chi connectivity index (χ2n) is 5.54. The van der Waals surface area contributed by atoms with Gasteiger partial charge in [0.25, 0.3) is 0 Å². The Morgan fingerprint density at radius 1 is 1.21 bits per heavy atom. The summed E-state index contributed by atoms with van der Waals surface area (Å²) in [6.45, 7) is 7.12. The highest BCUT2D eigenvalue weighted by Crippen LogP contribution is 2.08. The fourth-order valence-electron chi connectivity index (χ4n) is 2.14. The Labute approximate surface area is 114 Å². The molecule has 1 fully saturated rings. The summed E-state index contributed by atoms with van der Waals surface area (Å²) in [5.41, 5.74) is 0. The van der Waals surface area contributed by atoms with Gasteiger partial charge in [0.2, 0.25) is 0 Å². The first-order valence-electron chi connectivity index (χ1n) is 6.86. The van der Waals surface area contributed by atoms with Gasteiger partial charge in [-0.15, -0.1) is 0 Å². The van der Waals surface area contributed by atoms with Crippen molar-refractivity contribution < 1.29 is 14.7 Å². The van der Waals surface area contributed by atoms with Crippen molar-refractivity contribution in [1.82, 2.24) is 15.1 Å². The van der Waals surface area contributed by atoms with Crippen LogP contribution in [0.4, 0.5) is 4.79 Å². The molecule has 6 nitrogen and oxygen atoms in total. The lowest BCUT2D eigenvalue weighted by molar-refractivity contribution is -0.137. The fourth-order valence-corrected chi connectivity index (χ4v) is 2.14. The number of likely N-dealkylation sites (N-methyl/N-ethyl adjacent to an activating group) is 1. The Balaban J connectivity index is 2.53. The Morgan fingerprint density at radius 3 is 2.47 bits per heavy atom. The number of aliphatic carboxylic acids is 1. The molecule has 0 aromatic carbocycles. The molecule has 1 aliphatic heterocycles. The second kappa shape index (κ2) is 7.33. The fraction of sp³-hybridized carbons (Fsp3) is 0.846. The average molecular weight is 271 g/mol. The molecule has 0 radical (unpaired) electrons. The molecule has 0 aliphatic carbocycles. The largest absolute Gasteiger partial charge is 0.481 e. The lowest BCUT2D eigenvalue weighted by atomic mass is 10.0. The molecule has 1 rings (SSSR count). The molecule has 0 bridgehead atoms. The SMILES string of the molecule is CC(C)C(CC(=O)O)NC(=O)N1CCCN(C)CC1. The minimum absolute atomic E-state index is 0.0306. The predicted octanol–water partition coefficient (Wildman–Crippen LogP) is 0.833. The lowest BCUT2D eigenvalue weighted by Gasteiger charge is -2.26. The molecule has 110 valence electrons. The zero-order valence-electron chi connectivity index (χ0n) is 12.1. The molecule has 0 aromatic rings. The van der Waals surface area contributed by atoms with Gasteiger partial charge >= 0.3 is 12.0 Å². The van der Waals surface area contributed by atoms with Crippen LogP contribution in [0.25, 0.3) is 0 Å². The van der Waals surface area contributed by atoms with E-state index in [1.807, 2.05) is 20.9 Å². The number of carboxylic acids is 1. The number of carbonyl (C=O) groups is 2. The highest BCUT2D eigenvalue weighted by molar-refractivity contribution is 5.76. The van der Waals surface area contributed by atoms with Gasteiger partial charge in [-0.2, -0.15) is 0 Å². The molecule has 1 atom stereocenters. The van der Waals surface area contributed by atoms with Crippen molar-refractivity contribution in [2.24, 2.45) is 5.92 Å². The molecule has 19 heavy (non-hydrogen) atoms. The number of carbonyl (C=O) groups excluding carboxylic acids is 1. The van der Waals surface area contributed by atoms with E-state index >= 15 is 0 Å². The van der Waals surface area contributed by atoms with Crippen molar-refractivity contribution in [3.8, 4) is 0 Å². The standard InChI is InChI=1S/C13H25N3O3/c1-10(2)11(9-12(17)18)14-13(19)16-6-4-5-15(3)7-8-16/h10-11H,4-9H2,1-3H3,(H,14,19)(H,17,18). The number of rotatable bonds is 4. The smallest absolute Gasteiger partial charge is 0.317 e. The summed E-state index contributed by atoms with van der Waals surface area (Å²) < 4.78 is 0. The third-order valence-electron chi connectivity index (χ3n) is 3.51. The van der Waals surface area contributed by atoms with Gasteiger partial charge in [-0.25, -0.2) is 4.79 Å². The van der Waals surface area contributed by atoms with E-state index in [0.29, 0.717) is 6.54 Å². The average Bonchev–Trinajstić information content (AvgIpc) is 2.52. The van der Waals surface area contributed by atoms with Crippen molar-refractivity contribution >= 4 is 12.0 Å². The maximum atomic E-state index is 12.2. The Hall–Kier alpha value is -1.30. The summed E-state index contributed by atoms with van der Waals surface area (Å²) >= 11 is 0. The first-order chi connectivity index (χ1) is 8.90. The van der Waals surface area contributed by atoms with E-state index in [1.165, 1.54) is 0 Å². The molecule has 2 N–H and O–H groups in total. The number of nitrogens with zero attached hydrogens (tertiary/aromatic N) is 2. The maximum absolute atomic E-state index is 12.2. The molecule has 2 amide bonds. The quantitative estimate of drug-likeness (QED) is 0.794. The third kappa shape index (κ3) is 5.46. The zero-order chi connectivity index (χ0) is 14.4. The van der Waals surface area contributed by atoms with Crippen LogP contribution in [0.3, 0.4) is 0 Å². The molecule has 1 aliphatic rings. The summed E-state index contributed by atoms with van der Waals surface area (Å²) in [5, 5.41) is 11.7. The highest BCUT2D eigenvalue weighted by Gasteiger charge is 2.23. The van der Waals surface area contributed by atoms with Crippen LogP contribution < -0.4 is 5.32 Å². The Kier molecular flexibility index (Phi) is 6.08. The Morgan fingerprint density at radius 2 is 1.89 bits per heavy atom. The van der Waals surface area contributed by atoms with Crippen LogP contribution in [0.15, 0.2) is 0 Å².